The number of rotatable bonds is 8. The largest absolute Gasteiger partial charge is 0.491 e. The Morgan fingerprint density at radius 1 is 1.07 bits per heavy atom. The van der Waals surface area contributed by atoms with Crippen molar-refractivity contribution in [1.29, 1.82) is 0 Å². The van der Waals surface area contributed by atoms with Gasteiger partial charge in [0.05, 0.1) is 17.2 Å². The van der Waals surface area contributed by atoms with Crippen molar-refractivity contribution in [3.63, 3.8) is 0 Å². The fourth-order valence-corrected chi connectivity index (χ4v) is 3.21. The Labute approximate surface area is 157 Å². The first-order chi connectivity index (χ1) is 12.8. The summed E-state index contributed by atoms with van der Waals surface area (Å²) in [5.41, 5.74) is 6.76. The lowest BCUT2D eigenvalue weighted by Crippen LogP contribution is -2.28. The van der Waals surface area contributed by atoms with E-state index in [1.807, 2.05) is 16.9 Å². The molecule has 8 nitrogen and oxygen atoms in total. The van der Waals surface area contributed by atoms with Crippen LogP contribution in [-0.2, 0) is 19.6 Å². The quantitative estimate of drug-likeness (QED) is 0.466. The van der Waals surface area contributed by atoms with Gasteiger partial charge >= 0.3 is 0 Å². The Balaban J connectivity index is 1.80. The third kappa shape index (κ3) is 6.30. The van der Waals surface area contributed by atoms with Crippen LogP contribution in [0.25, 0.3) is 0 Å². The lowest BCUT2D eigenvalue weighted by Gasteiger charge is -2.09. The minimum Gasteiger partial charge on any atom is -0.491 e. The zero-order valence-corrected chi connectivity index (χ0v) is 15.6. The third-order valence-electron chi connectivity index (χ3n) is 3.45. The summed E-state index contributed by atoms with van der Waals surface area (Å²) in [5.74, 6) is -0.321. The molecule has 144 valence electrons. The summed E-state index contributed by atoms with van der Waals surface area (Å²) in [4.78, 5) is 22.8. The van der Waals surface area contributed by atoms with Crippen molar-refractivity contribution in [1.82, 2.24) is 4.72 Å². The normalized spacial score (nSPS) is 10.9. The minimum atomic E-state index is -3.89. The molecule has 0 saturated heterocycles. The molecule has 0 atom stereocenters. The second-order valence-corrected chi connectivity index (χ2v) is 7.41. The number of benzene rings is 2. The molecule has 2 aromatic rings. The molecule has 27 heavy (non-hydrogen) atoms. The maximum absolute atomic E-state index is 12.0. The Morgan fingerprint density at radius 3 is 2.37 bits per heavy atom. The van der Waals surface area contributed by atoms with Gasteiger partial charge in [0.25, 0.3) is 10.0 Å². The van der Waals surface area contributed by atoms with E-state index in [9.17, 15) is 18.0 Å². The van der Waals surface area contributed by atoms with E-state index in [2.05, 4.69) is 5.32 Å². The van der Waals surface area contributed by atoms with E-state index in [4.69, 9.17) is 10.5 Å². The van der Waals surface area contributed by atoms with Gasteiger partial charge in [-0.3, -0.25) is 9.59 Å². The van der Waals surface area contributed by atoms with Crippen LogP contribution in [0.15, 0.2) is 53.4 Å². The van der Waals surface area contributed by atoms with Crippen molar-refractivity contribution >= 4 is 33.2 Å². The number of hydrogen-bond donors (Lipinski definition) is 3. The van der Waals surface area contributed by atoms with Crippen molar-refractivity contribution in [2.45, 2.75) is 24.7 Å². The van der Waals surface area contributed by atoms with Gasteiger partial charge in [-0.25, -0.2) is 13.1 Å². The van der Waals surface area contributed by atoms with Crippen molar-refractivity contribution in [2.24, 2.45) is 0 Å². The number of anilines is 2. The SMILES string of the molecule is CC(=O)NS(=O)(=O)c1ccc(NC(=O)CCCOc2ccccc2N)cc1. The van der Waals surface area contributed by atoms with Crippen molar-refractivity contribution in [2.75, 3.05) is 17.7 Å². The van der Waals surface area contributed by atoms with Gasteiger partial charge in [-0.15, -0.1) is 0 Å². The standard InChI is InChI=1S/C18H21N3O5S/c1-13(22)21-27(24,25)15-10-8-14(9-11-15)20-18(23)7-4-12-26-17-6-3-2-5-16(17)19/h2-3,5-6,8-11H,4,7,12,19H2,1H3,(H,20,23)(H,21,22). The topological polar surface area (TPSA) is 128 Å². The summed E-state index contributed by atoms with van der Waals surface area (Å²) in [5, 5.41) is 2.67. The number of nitrogens with one attached hydrogen (secondary N) is 2. The lowest BCUT2D eigenvalue weighted by molar-refractivity contribution is -0.117. The zero-order chi connectivity index (χ0) is 19.9. The Bertz CT molecular complexity index is 911. The molecule has 9 heteroatoms. The summed E-state index contributed by atoms with van der Waals surface area (Å²) in [6.07, 6.45) is 0.730. The van der Waals surface area contributed by atoms with E-state index in [-0.39, 0.29) is 17.2 Å². The Kier molecular flexibility index (Phi) is 6.78. The number of hydrogen-bond acceptors (Lipinski definition) is 6. The van der Waals surface area contributed by atoms with Crippen molar-refractivity contribution in [3.05, 3.63) is 48.5 Å². The van der Waals surface area contributed by atoms with Crippen LogP contribution in [0, 0.1) is 0 Å². The molecule has 0 fully saturated rings. The predicted octanol–water partition coefficient (Wildman–Crippen LogP) is 1.89. The second kappa shape index (κ2) is 9.04. The second-order valence-electron chi connectivity index (χ2n) is 5.72. The first-order valence-electron chi connectivity index (χ1n) is 8.18. The Hall–Kier alpha value is -3.07. The van der Waals surface area contributed by atoms with Gasteiger partial charge in [-0.2, -0.15) is 0 Å². The highest BCUT2D eigenvalue weighted by Crippen LogP contribution is 2.20. The average Bonchev–Trinajstić information content (AvgIpc) is 2.59. The highest BCUT2D eigenvalue weighted by atomic mass is 32.2. The van der Waals surface area contributed by atoms with Crippen LogP contribution < -0.4 is 20.5 Å². The van der Waals surface area contributed by atoms with Gasteiger partial charge in [0.15, 0.2) is 0 Å². The molecular formula is C18H21N3O5S. The van der Waals surface area contributed by atoms with Crippen LogP contribution >= 0.6 is 0 Å². The highest BCUT2D eigenvalue weighted by molar-refractivity contribution is 7.90. The van der Waals surface area contributed by atoms with E-state index >= 15 is 0 Å². The molecule has 0 aliphatic carbocycles. The molecular weight excluding hydrogens is 370 g/mol. The van der Waals surface area contributed by atoms with Crippen molar-refractivity contribution in [3.8, 4) is 5.75 Å². The molecule has 0 unspecified atom stereocenters. The fourth-order valence-electron chi connectivity index (χ4n) is 2.22. The van der Waals surface area contributed by atoms with Crippen LogP contribution in [-0.4, -0.2) is 26.8 Å². The van der Waals surface area contributed by atoms with E-state index < -0.39 is 15.9 Å². The summed E-state index contributed by atoms with van der Waals surface area (Å²) in [7, 11) is -3.89. The smallest absolute Gasteiger partial charge is 0.264 e. The van der Waals surface area contributed by atoms with Gasteiger partial charge in [0.1, 0.15) is 5.75 Å². The maximum Gasteiger partial charge on any atom is 0.264 e. The highest BCUT2D eigenvalue weighted by Gasteiger charge is 2.15. The first-order valence-corrected chi connectivity index (χ1v) is 9.67. The van der Waals surface area contributed by atoms with E-state index in [1.54, 1.807) is 12.1 Å². The van der Waals surface area contributed by atoms with Gasteiger partial charge in [-0.05, 0) is 42.8 Å². The van der Waals surface area contributed by atoms with Gasteiger partial charge < -0.3 is 15.8 Å². The third-order valence-corrected chi connectivity index (χ3v) is 4.90. The number of nitrogen functional groups attached to an aromatic ring is 1. The molecule has 0 bridgehead atoms. The number of carbonyl (C=O) groups is 2. The molecule has 0 heterocycles. The predicted molar refractivity (Wildman–Crippen MR) is 102 cm³/mol. The van der Waals surface area contributed by atoms with Crippen LogP contribution in [0.1, 0.15) is 19.8 Å². The summed E-state index contributed by atoms with van der Waals surface area (Å²) < 4.78 is 31.1. The lowest BCUT2D eigenvalue weighted by atomic mass is 10.2. The number of para-hydroxylation sites is 2. The van der Waals surface area contributed by atoms with E-state index in [1.165, 1.54) is 24.3 Å². The first kappa shape index (κ1) is 20.2. The van der Waals surface area contributed by atoms with Crippen LogP contribution in [0.3, 0.4) is 0 Å². The van der Waals surface area contributed by atoms with E-state index in [0.29, 0.717) is 30.2 Å². The molecule has 0 spiro atoms. The molecule has 0 aliphatic heterocycles. The molecule has 0 saturated carbocycles. The average molecular weight is 391 g/mol. The van der Waals surface area contributed by atoms with Gasteiger partial charge in [0, 0.05) is 19.0 Å². The Morgan fingerprint density at radius 2 is 1.74 bits per heavy atom. The molecule has 0 aromatic heterocycles. The number of ether oxygens (including phenoxy) is 1. The molecule has 2 amide bonds. The molecule has 4 N–H and O–H groups in total. The number of carbonyl (C=O) groups excluding carboxylic acids is 2. The van der Waals surface area contributed by atoms with E-state index in [0.717, 1.165) is 6.92 Å². The summed E-state index contributed by atoms with van der Waals surface area (Å²) in [6.45, 7) is 1.46. The van der Waals surface area contributed by atoms with Crippen molar-refractivity contribution < 1.29 is 22.7 Å². The summed E-state index contributed by atoms with van der Waals surface area (Å²) in [6, 6.07) is 12.6. The van der Waals surface area contributed by atoms with Gasteiger partial charge in [-0.1, -0.05) is 12.1 Å². The number of nitrogens with two attached hydrogens (primary N) is 1. The monoisotopic (exact) mass is 391 g/mol. The minimum absolute atomic E-state index is 0.0652. The van der Waals surface area contributed by atoms with Crippen LogP contribution in [0.4, 0.5) is 11.4 Å². The number of sulfonamides is 1. The molecule has 0 radical (unpaired) electrons. The fraction of sp³-hybridized carbons (Fsp3) is 0.222. The van der Waals surface area contributed by atoms with Crippen LogP contribution in [0.2, 0.25) is 0 Å². The summed E-state index contributed by atoms with van der Waals surface area (Å²) >= 11 is 0. The number of amides is 2. The van der Waals surface area contributed by atoms with Gasteiger partial charge in [0.2, 0.25) is 11.8 Å². The van der Waals surface area contributed by atoms with Crippen LogP contribution in [0.5, 0.6) is 5.75 Å². The molecule has 0 aliphatic rings. The molecule has 2 rings (SSSR count). The maximum atomic E-state index is 12.0. The molecule has 2 aromatic carbocycles. The zero-order valence-electron chi connectivity index (χ0n) is 14.8.